The molecule has 0 fully saturated rings. The molecule has 176 valence electrons. The van der Waals surface area contributed by atoms with E-state index in [2.05, 4.69) is 5.32 Å². The van der Waals surface area contributed by atoms with Gasteiger partial charge in [0.15, 0.2) is 0 Å². The molecule has 0 atom stereocenters. The summed E-state index contributed by atoms with van der Waals surface area (Å²) < 4.78 is 33.0. The monoisotopic (exact) mass is 461 g/mol. The van der Waals surface area contributed by atoms with Crippen LogP contribution in [0.15, 0.2) is 47.4 Å². The van der Waals surface area contributed by atoms with E-state index in [1.165, 1.54) is 16.4 Å². The molecule has 0 unspecified atom stereocenters. The molecule has 0 heterocycles. The van der Waals surface area contributed by atoms with Crippen molar-refractivity contribution in [3.8, 4) is 5.75 Å². The maximum absolute atomic E-state index is 12.9. The summed E-state index contributed by atoms with van der Waals surface area (Å²) in [6.07, 6.45) is 0.735. The second kappa shape index (κ2) is 11.3. The largest absolute Gasteiger partial charge is 0.489 e. The van der Waals surface area contributed by atoms with Crippen LogP contribution >= 0.6 is 0 Å². The predicted molar refractivity (Wildman–Crippen MR) is 130 cm³/mol. The number of nitrogens with zero attached hydrogens (tertiary/aromatic N) is 2. The number of benzene rings is 2. The standard InChI is InChI=1S/C24H35N3O4S/c1-7-27(8-2)32(29,30)21-14-15-23(31-18(3)4)22(17-21)25-24(28)16-11-19-9-12-20(13-10-19)26(5)6/h9-10,12-15,17-18H,7-8,11,16H2,1-6H3,(H,25,28). The Kier molecular flexibility index (Phi) is 9.09. The van der Waals surface area contributed by atoms with Gasteiger partial charge < -0.3 is 15.0 Å². The molecule has 0 spiro atoms. The lowest BCUT2D eigenvalue weighted by atomic mass is 10.1. The third-order valence-electron chi connectivity index (χ3n) is 5.02. The van der Waals surface area contributed by atoms with Gasteiger partial charge in [0, 0.05) is 39.3 Å². The van der Waals surface area contributed by atoms with Gasteiger partial charge >= 0.3 is 0 Å². The molecule has 0 aliphatic rings. The molecule has 0 aliphatic carbocycles. The van der Waals surface area contributed by atoms with E-state index in [-0.39, 0.29) is 23.3 Å². The molecular weight excluding hydrogens is 426 g/mol. The molecule has 0 aliphatic heterocycles. The van der Waals surface area contributed by atoms with Crippen LogP contribution in [0.4, 0.5) is 11.4 Å². The van der Waals surface area contributed by atoms with Gasteiger partial charge in [-0.05, 0) is 56.2 Å². The normalized spacial score (nSPS) is 11.6. The van der Waals surface area contributed by atoms with Crippen LogP contribution in [-0.4, -0.2) is 51.9 Å². The number of rotatable bonds is 11. The van der Waals surface area contributed by atoms with Gasteiger partial charge in [-0.25, -0.2) is 8.42 Å². The van der Waals surface area contributed by atoms with Crippen molar-refractivity contribution in [1.82, 2.24) is 4.31 Å². The van der Waals surface area contributed by atoms with Gasteiger partial charge in [0.1, 0.15) is 5.75 Å². The maximum Gasteiger partial charge on any atom is 0.243 e. The van der Waals surface area contributed by atoms with Gasteiger partial charge in [-0.3, -0.25) is 4.79 Å². The molecule has 1 N–H and O–H groups in total. The molecule has 0 saturated heterocycles. The Bertz CT molecular complexity index is 998. The Morgan fingerprint density at radius 1 is 1.03 bits per heavy atom. The average Bonchev–Trinajstić information content (AvgIpc) is 2.74. The van der Waals surface area contributed by atoms with Gasteiger partial charge in [-0.2, -0.15) is 4.31 Å². The minimum Gasteiger partial charge on any atom is -0.489 e. The van der Waals surface area contributed by atoms with Crippen LogP contribution in [0.25, 0.3) is 0 Å². The van der Waals surface area contributed by atoms with Crippen molar-refractivity contribution in [2.24, 2.45) is 0 Å². The zero-order valence-electron chi connectivity index (χ0n) is 19.9. The van der Waals surface area contributed by atoms with Crippen molar-refractivity contribution in [1.29, 1.82) is 0 Å². The number of nitrogens with one attached hydrogen (secondary N) is 1. The Morgan fingerprint density at radius 3 is 2.19 bits per heavy atom. The lowest BCUT2D eigenvalue weighted by Crippen LogP contribution is -2.30. The Labute approximate surface area is 192 Å². The third kappa shape index (κ3) is 6.71. The fraction of sp³-hybridized carbons (Fsp3) is 0.458. The number of carbonyl (C=O) groups excluding carboxylic acids is 1. The first-order valence-corrected chi connectivity index (χ1v) is 12.4. The summed E-state index contributed by atoms with van der Waals surface area (Å²) in [7, 11) is 0.311. The second-order valence-corrected chi connectivity index (χ2v) is 9.96. The number of carbonyl (C=O) groups is 1. The smallest absolute Gasteiger partial charge is 0.243 e. The fourth-order valence-electron chi connectivity index (χ4n) is 3.27. The lowest BCUT2D eigenvalue weighted by Gasteiger charge is -2.20. The van der Waals surface area contributed by atoms with E-state index in [1.54, 1.807) is 19.9 Å². The Balaban J connectivity index is 2.20. The topological polar surface area (TPSA) is 79.0 Å². The van der Waals surface area contributed by atoms with Crippen LogP contribution in [0.3, 0.4) is 0 Å². The van der Waals surface area contributed by atoms with Gasteiger partial charge in [-0.1, -0.05) is 26.0 Å². The SMILES string of the molecule is CCN(CC)S(=O)(=O)c1ccc(OC(C)C)c(NC(=O)CCc2ccc(N(C)C)cc2)c1. The fourth-order valence-corrected chi connectivity index (χ4v) is 4.75. The Hall–Kier alpha value is -2.58. The van der Waals surface area contributed by atoms with E-state index < -0.39 is 10.0 Å². The number of hydrogen-bond donors (Lipinski definition) is 1. The first kappa shape index (κ1) is 25.7. The molecular formula is C24H35N3O4S. The zero-order valence-corrected chi connectivity index (χ0v) is 20.7. The maximum atomic E-state index is 12.9. The summed E-state index contributed by atoms with van der Waals surface area (Å²) >= 11 is 0. The number of hydrogen-bond acceptors (Lipinski definition) is 5. The molecule has 0 saturated carbocycles. The van der Waals surface area contributed by atoms with E-state index in [1.807, 2.05) is 57.1 Å². The van der Waals surface area contributed by atoms with Crippen molar-refractivity contribution in [2.75, 3.05) is 37.4 Å². The van der Waals surface area contributed by atoms with Gasteiger partial charge in [-0.15, -0.1) is 0 Å². The Morgan fingerprint density at radius 2 is 1.66 bits per heavy atom. The number of anilines is 2. The molecule has 0 aromatic heterocycles. The van der Waals surface area contributed by atoms with E-state index in [0.29, 0.717) is 30.9 Å². The van der Waals surface area contributed by atoms with Crippen LogP contribution in [0.2, 0.25) is 0 Å². The summed E-state index contributed by atoms with van der Waals surface area (Å²) in [5, 5.41) is 2.85. The molecule has 7 nitrogen and oxygen atoms in total. The summed E-state index contributed by atoms with van der Waals surface area (Å²) in [5.41, 5.74) is 2.52. The summed E-state index contributed by atoms with van der Waals surface area (Å²) in [4.78, 5) is 14.8. The highest BCUT2D eigenvalue weighted by molar-refractivity contribution is 7.89. The number of amides is 1. The van der Waals surface area contributed by atoms with Crippen LogP contribution in [-0.2, 0) is 21.2 Å². The number of aryl methyl sites for hydroxylation is 1. The first-order chi connectivity index (χ1) is 15.1. The summed E-state index contributed by atoms with van der Waals surface area (Å²) in [5.74, 6) is 0.245. The molecule has 0 bridgehead atoms. The van der Waals surface area contributed by atoms with E-state index in [9.17, 15) is 13.2 Å². The molecule has 0 radical (unpaired) electrons. The number of ether oxygens (including phenoxy) is 1. The molecule has 2 aromatic rings. The van der Waals surface area contributed by atoms with Crippen LogP contribution in [0.1, 0.15) is 39.7 Å². The molecule has 8 heteroatoms. The van der Waals surface area contributed by atoms with Crippen molar-refractivity contribution in [3.05, 3.63) is 48.0 Å². The highest BCUT2D eigenvalue weighted by atomic mass is 32.2. The van der Waals surface area contributed by atoms with Gasteiger partial charge in [0.05, 0.1) is 16.7 Å². The summed E-state index contributed by atoms with van der Waals surface area (Å²) in [6, 6.07) is 12.7. The quantitative estimate of drug-likeness (QED) is 0.544. The van der Waals surface area contributed by atoms with Crippen LogP contribution in [0, 0.1) is 0 Å². The second-order valence-electron chi connectivity index (χ2n) is 8.02. The van der Waals surface area contributed by atoms with Crippen molar-refractivity contribution >= 4 is 27.3 Å². The molecule has 1 amide bonds. The minimum absolute atomic E-state index is 0.119. The summed E-state index contributed by atoms with van der Waals surface area (Å²) in [6.45, 7) is 8.10. The van der Waals surface area contributed by atoms with E-state index in [0.717, 1.165) is 11.3 Å². The van der Waals surface area contributed by atoms with E-state index >= 15 is 0 Å². The molecule has 2 rings (SSSR count). The van der Waals surface area contributed by atoms with Gasteiger partial charge in [0.2, 0.25) is 15.9 Å². The average molecular weight is 462 g/mol. The predicted octanol–water partition coefficient (Wildman–Crippen LogP) is 4.14. The molecule has 32 heavy (non-hydrogen) atoms. The zero-order chi connectivity index (χ0) is 23.9. The van der Waals surface area contributed by atoms with E-state index in [4.69, 9.17) is 4.74 Å². The van der Waals surface area contributed by atoms with Crippen molar-refractivity contribution < 1.29 is 17.9 Å². The highest BCUT2D eigenvalue weighted by Crippen LogP contribution is 2.30. The minimum atomic E-state index is -3.65. The van der Waals surface area contributed by atoms with Crippen LogP contribution in [0.5, 0.6) is 5.75 Å². The number of sulfonamides is 1. The lowest BCUT2D eigenvalue weighted by molar-refractivity contribution is -0.116. The van der Waals surface area contributed by atoms with Crippen LogP contribution < -0.4 is 15.0 Å². The third-order valence-corrected chi connectivity index (χ3v) is 7.07. The van der Waals surface area contributed by atoms with Crippen molar-refractivity contribution in [2.45, 2.75) is 51.5 Å². The van der Waals surface area contributed by atoms with Crippen molar-refractivity contribution in [3.63, 3.8) is 0 Å². The van der Waals surface area contributed by atoms with Gasteiger partial charge in [0.25, 0.3) is 0 Å². The highest BCUT2D eigenvalue weighted by Gasteiger charge is 2.23. The first-order valence-electron chi connectivity index (χ1n) is 10.9. The molecule has 2 aromatic carbocycles.